The van der Waals surface area contributed by atoms with Crippen molar-refractivity contribution in [1.82, 2.24) is 0 Å². The number of hydrogen-bond donors (Lipinski definition) is 0. The lowest BCUT2D eigenvalue weighted by molar-refractivity contribution is -0.138. The van der Waals surface area contributed by atoms with Gasteiger partial charge in [-0.1, -0.05) is 6.58 Å². The third-order valence-corrected chi connectivity index (χ3v) is 3.60. The minimum atomic E-state index is -0.269. The van der Waals surface area contributed by atoms with Gasteiger partial charge in [-0.3, -0.25) is 0 Å². The SMILES string of the molecule is C=C1CC(c2ccc(Br)s2)OC1=O. The number of halogens is 1. The first kappa shape index (κ1) is 8.97. The highest BCUT2D eigenvalue weighted by Crippen LogP contribution is 2.37. The number of rotatable bonds is 1. The number of carbonyl (C=O) groups is 1. The Labute approximate surface area is 88.3 Å². The van der Waals surface area contributed by atoms with Crippen LogP contribution in [0.1, 0.15) is 17.4 Å². The molecular weight excluding hydrogens is 252 g/mol. The van der Waals surface area contributed by atoms with E-state index in [0.29, 0.717) is 12.0 Å². The molecule has 1 aliphatic heterocycles. The molecule has 2 rings (SSSR count). The average Bonchev–Trinajstić information content (AvgIpc) is 2.61. The van der Waals surface area contributed by atoms with Crippen LogP contribution in [0, 0.1) is 0 Å². The van der Waals surface area contributed by atoms with E-state index >= 15 is 0 Å². The van der Waals surface area contributed by atoms with E-state index in [1.807, 2.05) is 12.1 Å². The maximum atomic E-state index is 11.0. The van der Waals surface area contributed by atoms with Gasteiger partial charge < -0.3 is 4.74 Å². The molecule has 1 fully saturated rings. The fourth-order valence-corrected chi connectivity index (χ4v) is 2.67. The molecule has 1 aliphatic rings. The number of ether oxygens (including phenoxy) is 1. The van der Waals surface area contributed by atoms with Crippen molar-refractivity contribution in [1.29, 1.82) is 0 Å². The van der Waals surface area contributed by atoms with Gasteiger partial charge in [0.05, 0.1) is 3.79 Å². The van der Waals surface area contributed by atoms with Crippen LogP contribution in [0.3, 0.4) is 0 Å². The molecule has 0 radical (unpaired) electrons. The first-order chi connectivity index (χ1) is 6.16. The molecular formula is C9H7BrO2S. The molecule has 0 aliphatic carbocycles. The Morgan fingerprint density at radius 1 is 1.62 bits per heavy atom. The number of cyclic esters (lactones) is 1. The van der Waals surface area contributed by atoms with E-state index in [4.69, 9.17) is 4.74 Å². The highest BCUT2D eigenvalue weighted by Gasteiger charge is 2.29. The minimum absolute atomic E-state index is 0.115. The van der Waals surface area contributed by atoms with Gasteiger partial charge in [0.25, 0.3) is 0 Å². The first-order valence-corrected chi connectivity index (χ1v) is 5.42. The standard InChI is InChI=1S/C9H7BrO2S/c1-5-4-6(12-9(5)11)7-2-3-8(10)13-7/h2-3,6H,1,4H2. The summed E-state index contributed by atoms with van der Waals surface area (Å²) in [6, 6.07) is 3.92. The zero-order chi connectivity index (χ0) is 9.42. The molecule has 0 saturated carbocycles. The molecule has 1 unspecified atom stereocenters. The molecule has 1 aromatic rings. The summed E-state index contributed by atoms with van der Waals surface area (Å²) in [6.07, 6.45) is 0.502. The summed E-state index contributed by atoms with van der Waals surface area (Å²) in [5, 5.41) is 0. The number of carbonyl (C=O) groups excluding carboxylic acids is 1. The molecule has 0 N–H and O–H groups in total. The smallest absolute Gasteiger partial charge is 0.334 e. The molecule has 2 heterocycles. The van der Waals surface area contributed by atoms with Crippen LogP contribution in [0.25, 0.3) is 0 Å². The van der Waals surface area contributed by atoms with Gasteiger partial charge in [-0.05, 0) is 28.1 Å². The van der Waals surface area contributed by atoms with E-state index < -0.39 is 0 Å². The van der Waals surface area contributed by atoms with Gasteiger partial charge in [0.15, 0.2) is 0 Å². The van der Waals surface area contributed by atoms with Gasteiger partial charge >= 0.3 is 5.97 Å². The summed E-state index contributed by atoms with van der Waals surface area (Å²) in [5.41, 5.74) is 0.564. The molecule has 0 amide bonds. The average molecular weight is 259 g/mol. The zero-order valence-electron chi connectivity index (χ0n) is 6.75. The second kappa shape index (κ2) is 3.27. The Morgan fingerprint density at radius 2 is 2.38 bits per heavy atom. The molecule has 1 aromatic heterocycles. The third kappa shape index (κ3) is 1.69. The Balaban J connectivity index is 2.20. The van der Waals surface area contributed by atoms with Crippen LogP contribution in [-0.4, -0.2) is 5.97 Å². The summed E-state index contributed by atoms with van der Waals surface area (Å²) in [4.78, 5) is 12.1. The van der Waals surface area contributed by atoms with Gasteiger partial charge in [-0.2, -0.15) is 0 Å². The van der Waals surface area contributed by atoms with E-state index in [2.05, 4.69) is 22.5 Å². The van der Waals surface area contributed by atoms with Gasteiger partial charge in [0.1, 0.15) is 6.10 Å². The highest BCUT2D eigenvalue weighted by atomic mass is 79.9. The van der Waals surface area contributed by atoms with Crippen molar-refractivity contribution < 1.29 is 9.53 Å². The van der Waals surface area contributed by atoms with Crippen molar-refractivity contribution >= 4 is 33.2 Å². The topological polar surface area (TPSA) is 26.3 Å². The summed E-state index contributed by atoms with van der Waals surface area (Å²) < 4.78 is 6.18. The lowest BCUT2D eigenvalue weighted by Gasteiger charge is -2.03. The fourth-order valence-electron chi connectivity index (χ4n) is 1.22. The molecule has 68 valence electrons. The molecule has 0 bridgehead atoms. The lowest BCUT2D eigenvalue weighted by Crippen LogP contribution is -1.96. The maximum Gasteiger partial charge on any atom is 0.334 e. The quantitative estimate of drug-likeness (QED) is 0.572. The van der Waals surface area contributed by atoms with Crippen molar-refractivity contribution in [2.24, 2.45) is 0 Å². The summed E-state index contributed by atoms with van der Waals surface area (Å²) in [6.45, 7) is 3.64. The predicted molar refractivity (Wildman–Crippen MR) is 54.6 cm³/mol. The van der Waals surface area contributed by atoms with Crippen LogP contribution < -0.4 is 0 Å². The van der Waals surface area contributed by atoms with E-state index in [9.17, 15) is 4.79 Å². The van der Waals surface area contributed by atoms with E-state index in [1.165, 1.54) is 0 Å². The summed E-state index contributed by atoms with van der Waals surface area (Å²) >= 11 is 4.95. The Morgan fingerprint density at radius 3 is 2.85 bits per heavy atom. The van der Waals surface area contributed by atoms with Crippen LogP contribution >= 0.6 is 27.3 Å². The second-order valence-electron chi connectivity index (χ2n) is 2.84. The van der Waals surface area contributed by atoms with Gasteiger partial charge in [-0.25, -0.2) is 4.79 Å². The molecule has 0 aromatic carbocycles. The highest BCUT2D eigenvalue weighted by molar-refractivity contribution is 9.11. The monoisotopic (exact) mass is 258 g/mol. The van der Waals surface area contributed by atoms with Crippen LogP contribution in [0.2, 0.25) is 0 Å². The maximum absolute atomic E-state index is 11.0. The summed E-state index contributed by atoms with van der Waals surface area (Å²) in [5.74, 6) is -0.269. The van der Waals surface area contributed by atoms with Crippen molar-refractivity contribution in [2.75, 3.05) is 0 Å². The Hall–Kier alpha value is -0.610. The second-order valence-corrected chi connectivity index (χ2v) is 5.34. The molecule has 1 atom stereocenters. The number of hydrogen-bond acceptors (Lipinski definition) is 3. The molecule has 1 saturated heterocycles. The molecule has 0 spiro atoms. The number of thiophene rings is 1. The van der Waals surface area contributed by atoms with Gasteiger partial charge in [0, 0.05) is 16.9 Å². The van der Waals surface area contributed by atoms with Crippen molar-refractivity contribution in [3.05, 3.63) is 32.9 Å². The molecule has 4 heteroatoms. The van der Waals surface area contributed by atoms with Gasteiger partial charge in [0.2, 0.25) is 0 Å². The van der Waals surface area contributed by atoms with E-state index in [0.717, 1.165) is 8.66 Å². The Kier molecular flexibility index (Phi) is 2.26. The van der Waals surface area contributed by atoms with Crippen LogP contribution in [0.4, 0.5) is 0 Å². The third-order valence-electron chi connectivity index (χ3n) is 1.88. The van der Waals surface area contributed by atoms with Gasteiger partial charge in [-0.15, -0.1) is 11.3 Å². The number of esters is 1. The molecule has 13 heavy (non-hydrogen) atoms. The van der Waals surface area contributed by atoms with Crippen LogP contribution in [0.5, 0.6) is 0 Å². The van der Waals surface area contributed by atoms with Crippen molar-refractivity contribution in [2.45, 2.75) is 12.5 Å². The Bertz CT molecular complexity index is 353. The van der Waals surface area contributed by atoms with E-state index in [-0.39, 0.29) is 12.1 Å². The zero-order valence-corrected chi connectivity index (χ0v) is 9.15. The van der Waals surface area contributed by atoms with Crippen molar-refractivity contribution in [3.63, 3.8) is 0 Å². The largest absolute Gasteiger partial charge is 0.453 e. The first-order valence-electron chi connectivity index (χ1n) is 3.81. The van der Waals surface area contributed by atoms with Crippen molar-refractivity contribution in [3.8, 4) is 0 Å². The predicted octanol–water partition coefficient (Wildman–Crippen LogP) is 3.05. The van der Waals surface area contributed by atoms with Crippen LogP contribution in [-0.2, 0) is 9.53 Å². The fraction of sp³-hybridized carbons (Fsp3) is 0.222. The lowest BCUT2D eigenvalue weighted by atomic mass is 10.1. The minimum Gasteiger partial charge on any atom is -0.453 e. The van der Waals surface area contributed by atoms with Crippen LogP contribution in [0.15, 0.2) is 28.1 Å². The normalized spacial score (nSPS) is 22.1. The molecule has 2 nitrogen and oxygen atoms in total. The summed E-state index contributed by atoms with van der Waals surface area (Å²) in [7, 11) is 0. The van der Waals surface area contributed by atoms with E-state index in [1.54, 1.807) is 11.3 Å².